The zero-order valence-electron chi connectivity index (χ0n) is 11.8. The average Bonchev–Trinajstić information content (AvgIpc) is 2.35. The van der Waals surface area contributed by atoms with Gasteiger partial charge in [-0.3, -0.25) is 4.98 Å². The first kappa shape index (κ1) is 15.9. The lowest BCUT2D eigenvalue weighted by Gasteiger charge is -2.28. The molecule has 0 spiro atoms. The standard InChI is InChI=1S/C13H19N3O4/c1-4-16(8-13(2,3)20)12(19)15-10-5-9(11(17)18)6-14-7-10/h5-7,20H,4,8H2,1-3H3,(H,15,19)(H,17,18). The van der Waals surface area contributed by atoms with E-state index in [1.807, 2.05) is 0 Å². The van der Waals surface area contributed by atoms with Crippen LogP contribution in [0.3, 0.4) is 0 Å². The molecule has 0 aliphatic heterocycles. The Labute approximate surface area is 117 Å². The number of aromatic nitrogens is 1. The molecule has 7 heteroatoms. The van der Waals surface area contributed by atoms with E-state index in [1.54, 1.807) is 20.8 Å². The van der Waals surface area contributed by atoms with Crippen molar-refractivity contribution in [1.29, 1.82) is 0 Å². The molecule has 1 aromatic heterocycles. The number of urea groups is 1. The zero-order valence-corrected chi connectivity index (χ0v) is 11.8. The van der Waals surface area contributed by atoms with Crippen LogP contribution in [-0.4, -0.2) is 50.8 Å². The average molecular weight is 281 g/mol. The van der Waals surface area contributed by atoms with Crippen molar-refractivity contribution in [3.8, 4) is 0 Å². The summed E-state index contributed by atoms with van der Waals surface area (Å²) >= 11 is 0. The minimum absolute atomic E-state index is 0.00617. The number of aliphatic hydroxyl groups is 1. The summed E-state index contributed by atoms with van der Waals surface area (Å²) in [7, 11) is 0. The topological polar surface area (TPSA) is 103 Å². The number of carbonyl (C=O) groups is 2. The number of carboxylic acid groups (broad SMARTS) is 1. The Morgan fingerprint density at radius 1 is 1.40 bits per heavy atom. The van der Waals surface area contributed by atoms with E-state index in [9.17, 15) is 14.7 Å². The molecule has 7 nitrogen and oxygen atoms in total. The Hall–Kier alpha value is -2.15. The maximum Gasteiger partial charge on any atom is 0.337 e. The highest BCUT2D eigenvalue weighted by molar-refractivity contribution is 5.92. The third-order valence-electron chi connectivity index (χ3n) is 2.48. The lowest BCUT2D eigenvalue weighted by atomic mass is 10.1. The Kier molecular flexibility index (Phi) is 5.04. The quantitative estimate of drug-likeness (QED) is 0.757. The maximum absolute atomic E-state index is 12.0. The highest BCUT2D eigenvalue weighted by Gasteiger charge is 2.21. The fraction of sp³-hybridized carbons (Fsp3) is 0.462. The predicted octanol–water partition coefficient (Wildman–Crippen LogP) is 1.40. The van der Waals surface area contributed by atoms with E-state index in [0.29, 0.717) is 12.2 Å². The first-order valence-electron chi connectivity index (χ1n) is 6.19. The Morgan fingerprint density at radius 2 is 2.05 bits per heavy atom. The number of pyridine rings is 1. The van der Waals surface area contributed by atoms with Gasteiger partial charge in [0.2, 0.25) is 0 Å². The molecule has 0 atom stereocenters. The van der Waals surface area contributed by atoms with Crippen LogP contribution in [-0.2, 0) is 0 Å². The molecule has 0 bridgehead atoms. The van der Waals surface area contributed by atoms with Gasteiger partial charge >= 0.3 is 12.0 Å². The second-order valence-corrected chi connectivity index (χ2v) is 5.02. The Bertz CT molecular complexity index is 497. The lowest BCUT2D eigenvalue weighted by molar-refractivity contribution is 0.0501. The second kappa shape index (κ2) is 6.33. The summed E-state index contributed by atoms with van der Waals surface area (Å²) in [5, 5.41) is 21.2. The number of hydrogen-bond acceptors (Lipinski definition) is 4. The minimum atomic E-state index is -1.11. The summed E-state index contributed by atoms with van der Waals surface area (Å²) in [6.45, 7) is 5.59. The number of hydrogen-bond donors (Lipinski definition) is 3. The van der Waals surface area contributed by atoms with Gasteiger partial charge in [-0.15, -0.1) is 0 Å². The third-order valence-corrected chi connectivity index (χ3v) is 2.48. The van der Waals surface area contributed by atoms with Gasteiger partial charge in [-0.05, 0) is 26.8 Å². The van der Waals surface area contributed by atoms with Crippen molar-refractivity contribution in [2.24, 2.45) is 0 Å². The van der Waals surface area contributed by atoms with Crippen LogP contribution in [0.5, 0.6) is 0 Å². The van der Waals surface area contributed by atoms with Gasteiger partial charge in [0.15, 0.2) is 0 Å². The largest absolute Gasteiger partial charge is 0.478 e. The minimum Gasteiger partial charge on any atom is -0.478 e. The third kappa shape index (κ3) is 4.85. The van der Waals surface area contributed by atoms with Gasteiger partial charge in [0, 0.05) is 12.7 Å². The smallest absolute Gasteiger partial charge is 0.337 e. The SMILES string of the molecule is CCN(CC(C)(C)O)C(=O)Nc1cncc(C(=O)O)c1. The van der Waals surface area contributed by atoms with Crippen molar-refractivity contribution in [3.63, 3.8) is 0 Å². The molecule has 0 aliphatic rings. The zero-order chi connectivity index (χ0) is 15.3. The van der Waals surface area contributed by atoms with E-state index in [-0.39, 0.29) is 12.1 Å². The van der Waals surface area contributed by atoms with Crippen LogP contribution in [0.1, 0.15) is 31.1 Å². The highest BCUT2D eigenvalue weighted by atomic mass is 16.4. The summed E-state index contributed by atoms with van der Waals surface area (Å²) in [6.07, 6.45) is 2.56. The molecule has 0 saturated carbocycles. The van der Waals surface area contributed by atoms with Crippen LogP contribution < -0.4 is 5.32 Å². The molecule has 0 aromatic carbocycles. The fourth-order valence-electron chi connectivity index (χ4n) is 1.62. The summed E-state index contributed by atoms with van der Waals surface area (Å²) in [5.74, 6) is -1.11. The second-order valence-electron chi connectivity index (χ2n) is 5.02. The van der Waals surface area contributed by atoms with Gasteiger partial charge < -0.3 is 20.4 Å². The normalized spacial score (nSPS) is 11.0. The van der Waals surface area contributed by atoms with E-state index in [4.69, 9.17) is 5.11 Å². The lowest BCUT2D eigenvalue weighted by Crippen LogP contribution is -2.44. The number of nitrogens with one attached hydrogen (secondary N) is 1. The van der Waals surface area contributed by atoms with E-state index in [2.05, 4.69) is 10.3 Å². The van der Waals surface area contributed by atoms with Crippen molar-refractivity contribution >= 4 is 17.7 Å². The molecule has 0 unspecified atom stereocenters. The van der Waals surface area contributed by atoms with Crippen LogP contribution in [0.2, 0.25) is 0 Å². The summed E-state index contributed by atoms with van der Waals surface area (Å²) in [5.41, 5.74) is -0.716. The number of carbonyl (C=O) groups excluding carboxylic acids is 1. The van der Waals surface area contributed by atoms with Gasteiger partial charge in [-0.1, -0.05) is 0 Å². The number of rotatable bonds is 5. The molecule has 1 rings (SSSR count). The van der Waals surface area contributed by atoms with Crippen molar-refractivity contribution in [3.05, 3.63) is 24.0 Å². The molecule has 0 fully saturated rings. The van der Waals surface area contributed by atoms with Gasteiger partial charge in [-0.25, -0.2) is 9.59 Å². The number of amides is 2. The van der Waals surface area contributed by atoms with E-state index in [1.165, 1.54) is 23.4 Å². The van der Waals surface area contributed by atoms with Crippen LogP contribution in [0.4, 0.5) is 10.5 Å². The fourth-order valence-corrected chi connectivity index (χ4v) is 1.62. The van der Waals surface area contributed by atoms with Gasteiger partial charge in [0.05, 0.1) is 29.6 Å². The van der Waals surface area contributed by atoms with Crippen molar-refractivity contribution in [2.75, 3.05) is 18.4 Å². The van der Waals surface area contributed by atoms with E-state index < -0.39 is 17.6 Å². The molecule has 0 aliphatic carbocycles. The molecule has 2 amide bonds. The van der Waals surface area contributed by atoms with E-state index in [0.717, 1.165) is 0 Å². The van der Waals surface area contributed by atoms with Crippen LogP contribution in [0.15, 0.2) is 18.5 Å². The van der Waals surface area contributed by atoms with Gasteiger partial charge in [0.25, 0.3) is 0 Å². The first-order valence-corrected chi connectivity index (χ1v) is 6.19. The molecular formula is C13H19N3O4. The molecule has 20 heavy (non-hydrogen) atoms. The summed E-state index contributed by atoms with van der Waals surface area (Å²) in [4.78, 5) is 28.0. The Morgan fingerprint density at radius 3 is 2.55 bits per heavy atom. The number of likely N-dealkylation sites (N-methyl/N-ethyl adjacent to an activating group) is 1. The molecule has 0 radical (unpaired) electrons. The molecule has 1 aromatic rings. The molecule has 0 saturated heterocycles. The van der Waals surface area contributed by atoms with E-state index >= 15 is 0 Å². The van der Waals surface area contributed by atoms with Gasteiger partial charge in [-0.2, -0.15) is 0 Å². The summed E-state index contributed by atoms with van der Waals surface area (Å²) in [6, 6.07) is 0.907. The highest BCUT2D eigenvalue weighted by Crippen LogP contribution is 2.11. The van der Waals surface area contributed by atoms with Crippen LogP contribution in [0, 0.1) is 0 Å². The van der Waals surface area contributed by atoms with Crippen molar-refractivity contribution in [2.45, 2.75) is 26.4 Å². The number of anilines is 1. The van der Waals surface area contributed by atoms with Gasteiger partial charge in [0.1, 0.15) is 0 Å². The maximum atomic E-state index is 12.0. The van der Waals surface area contributed by atoms with Crippen molar-refractivity contribution < 1.29 is 19.8 Å². The summed E-state index contributed by atoms with van der Waals surface area (Å²) < 4.78 is 0. The molecule has 1 heterocycles. The molecule has 110 valence electrons. The Balaban J connectivity index is 2.78. The number of aromatic carboxylic acids is 1. The number of nitrogens with zero attached hydrogens (tertiary/aromatic N) is 2. The van der Waals surface area contributed by atoms with Crippen LogP contribution >= 0.6 is 0 Å². The van der Waals surface area contributed by atoms with Crippen molar-refractivity contribution in [1.82, 2.24) is 9.88 Å². The number of carboxylic acids is 1. The predicted molar refractivity (Wildman–Crippen MR) is 73.8 cm³/mol. The molecular weight excluding hydrogens is 262 g/mol. The monoisotopic (exact) mass is 281 g/mol. The van der Waals surface area contributed by atoms with Crippen LogP contribution in [0.25, 0.3) is 0 Å². The first-order chi connectivity index (χ1) is 9.23. The molecule has 3 N–H and O–H groups in total.